The lowest BCUT2D eigenvalue weighted by Gasteiger charge is -2.43. The van der Waals surface area contributed by atoms with Gasteiger partial charge in [-0.15, -0.1) is 11.8 Å². The fourth-order valence-electron chi connectivity index (χ4n) is 3.45. The van der Waals surface area contributed by atoms with Crippen LogP contribution in [0, 0.1) is 5.41 Å². The molecule has 2 fully saturated rings. The summed E-state index contributed by atoms with van der Waals surface area (Å²) in [6.07, 6.45) is 10.8. The molecule has 1 amide bonds. The molecule has 1 aromatic heterocycles. The van der Waals surface area contributed by atoms with Crippen molar-refractivity contribution in [2.24, 2.45) is 5.41 Å². The Balaban J connectivity index is 1.53. The lowest BCUT2D eigenvalue weighted by atomic mass is 9.69. The second-order valence-electron chi connectivity index (χ2n) is 6.94. The standard InChI is InChI=1S/C17H27N3OS/c1-3-11-22-15-12-18-20(13-15)14-5-9-19(10-6-14)16(21)17(2)7-4-8-17/h12-14H,3-11H2,1-2H3. The molecular formula is C17H27N3OS. The predicted octanol–water partition coefficient (Wildman–Crippen LogP) is 3.74. The lowest BCUT2D eigenvalue weighted by molar-refractivity contribution is -0.147. The molecule has 2 aliphatic rings. The Morgan fingerprint density at radius 1 is 1.41 bits per heavy atom. The molecule has 122 valence electrons. The SMILES string of the molecule is CCCSc1cnn(C2CCN(C(=O)C3(C)CCC3)CC2)c1. The smallest absolute Gasteiger partial charge is 0.228 e. The van der Waals surface area contributed by atoms with Gasteiger partial charge in [-0.3, -0.25) is 9.48 Å². The first kappa shape index (κ1) is 15.9. The highest BCUT2D eigenvalue weighted by atomic mass is 32.2. The van der Waals surface area contributed by atoms with Crippen molar-refractivity contribution in [1.29, 1.82) is 0 Å². The zero-order valence-corrected chi connectivity index (χ0v) is 14.6. The van der Waals surface area contributed by atoms with Crippen LogP contribution in [0.3, 0.4) is 0 Å². The van der Waals surface area contributed by atoms with Crippen molar-refractivity contribution in [3.63, 3.8) is 0 Å². The van der Waals surface area contributed by atoms with Crippen LogP contribution >= 0.6 is 11.8 Å². The maximum absolute atomic E-state index is 12.6. The first-order valence-electron chi connectivity index (χ1n) is 8.59. The van der Waals surface area contributed by atoms with Gasteiger partial charge in [-0.05, 0) is 37.9 Å². The molecule has 0 spiro atoms. The Kier molecular flexibility index (Phi) is 4.81. The number of hydrogen-bond donors (Lipinski definition) is 0. The van der Waals surface area contributed by atoms with E-state index in [1.165, 1.54) is 17.7 Å². The maximum atomic E-state index is 12.6. The molecule has 1 saturated carbocycles. The highest BCUT2D eigenvalue weighted by Crippen LogP contribution is 2.42. The molecule has 3 rings (SSSR count). The number of amides is 1. The predicted molar refractivity (Wildman–Crippen MR) is 90.1 cm³/mol. The van der Waals surface area contributed by atoms with Gasteiger partial charge in [0.05, 0.1) is 12.2 Å². The minimum absolute atomic E-state index is 0.0531. The van der Waals surface area contributed by atoms with E-state index in [1.54, 1.807) is 0 Å². The summed E-state index contributed by atoms with van der Waals surface area (Å²) in [7, 11) is 0. The molecule has 5 heteroatoms. The van der Waals surface area contributed by atoms with Crippen LogP contribution in [0.15, 0.2) is 17.3 Å². The fraction of sp³-hybridized carbons (Fsp3) is 0.765. The Morgan fingerprint density at radius 2 is 2.14 bits per heavy atom. The minimum atomic E-state index is -0.0531. The number of thioether (sulfide) groups is 1. The molecule has 1 saturated heterocycles. The van der Waals surface area contributed by atoms with Crippen molar-refractivity contribution < 1.29 is 4.79 Å². The molecule has 1 aliphatic heterocycles. The number of rotatable bonds is 5. The second kappa shape index (κ2) is 6.65. The summed E-state index contributed by atoms with van der Waals surface area (Å²) in [5.74, 6) is 1.54. The molecule has 0 atom stereocenters. The highest BCUT2D eigenvalue weighted by molar-refractivity contribution is 7.99. The fourth-order valence-corrected chi connectivity index (χ4v) is 4.19. The number of aromatic nitrogens is 2. The normalized spacial score (nSPS) is 21.6. The van der Waals surface area contributed by atoms with E-state index in [9.17, 15) is 4.79 Å². The van der Waals surface area contributed by atoms with E-state index >= 15 is 0 Å². The largest absolute Gasteiger partial charge is 0.342 e. The summed E-state index contributed by atoms with van der Waals surface area (Å²) in [6, 6.07) is 0.453. The van der Waals surface area contributed by atoms with Crippen molar-refractivity contribution in [3.8, 4) is 0 Å². The molecule has 1 aliphatic carbocycles. The Hall–Kier alpha value is -0.970. The van der Waals surface area contributed by atoms with Crippen LogP contribution in [-0.2, 0) is 4.79 Å². The van der Waals surface area contributed by atoms with Crippen molar-refractivity contribution in [2.45, 2.75) is 63.3 Å². The van der Waals surface area contributed by atoms with Gasteiger partial charge in [0.2, 0.25) is 5.91 Å². The number of carbonyl (C=O) groups excluding carboxylic acids is 1. The molecule has 0 unspecified atom stereocenters. The van der Waals surface area contributed by atoms with E-state index in [0.717, 1.165) is 44.5 Å². The summed E-state index contributed by atoms with van der Waals surface area (Å²) in [6.45, 7) is 6.11. The van der Waals surface area contributed by atoms with Gasteiger partial charge in [0.15, 0.2) is 0 Å². The number of carbonyl (C=O) groups is 1. The zero-order valence-electron chi connectivity index (χ0n) is 13.8. The summed E-state index contributed by atoms with van der Waals surface area (Å²) >= 11 is 1.88. The van der Waals surface area contributed by atoms with Gasteiger partial charge in [-0.25, -0.2) is 0 Å². The van der Waals surface area contributed by atoms with E-state index < -0.39 is 0 Å². The van der Waals surface area contributed by atoms with Crippen molar-refractivity contribution in [2.75, 3.05) is 18.8 Å². The van der Waals surface area contributed by atoms with E-state index in [2.05, 4.69) is 34.7 Å². The second-order valence-corrected chi connectivity index (χ2v) is 8.11. The van der Waals surface area contributed by atoms with Crippen molar-refractivity contribution >= 4 is 17.7 Å². The quantitative estimate of drug-likeness (QED) is 0.775. The van der Waals surface area contributed by atoms with Gasteiger partial charge < -0.3 is 4.90 Å². The van der Waals surface area contributed by atoms with Crippen LogP contribution in [-0.4, -0.2) is 39.4 Å². The molecule has 0 bridgehead atoms. The van der Waals surface area contributed by atoms with Gasteiger partial charge >= 0.3 is 0 Å². The third-order valence-corrected chi connectivity index (χ3v) is 6.31. The van der Waals surface area contributed by atoms with Crippen LogP contribution < -0.4 is 0 Å². The number of hydrogen-bond acceptors (Lipinski definition) is 3. The third-order valence-electron chi connectivity index (χ3n) is 5.15. The average molecular weight is 321 g/mol. The van der Waals surface area contributed by atoms with E-state index in [1.807, 2.05) is 18.0 Å². The summed E-state index contributed by atoms with van der Waals surface area (Å²) < 4.78 is 2.12. The maximum Gasteiger partial charge on any atom is 0.228 e. The zero-order chi connectivity index (χ0) is 15.6. The summed E-state index contributed by atoms with van der Waals surface area (Å²) in [5, 5.41) is 4.53. The third kappa shape index (κ3) is 3.19. The van der Waals surface area contributed by atoms with Crippen LogP contribution in [0.4, 0.5) is 0 Å². The van der Waals surface area contributed by atoms with Crippen molar-refractivity contribution in [3.05, 3.63) is 12.4 Å². The lowest BCUT2D eigenvalue weighted by Crippen LogP contribution is -2.49. The van der Waals surface area contributed by atoms with Gasteiger partial charge in [0.25, 0.3) is 0 Å². The number of nitrogens with zero attached hydrogens (tertiary/aromatic N) is 3. The summed E-state index contributed by atoms with van der Waals surface area (Å²) in [5.41, 5.74) is -0.0531. The van der Waals surface area contributed by atoms with Crippen molar-refractivity contribution in [1.82, 2.24) is 14.7 Å². The van der Waals surface area contributed by atoms with Crippen LogP contribution in [0.1, 0.15) is 58.4 Å². The molecule has 0 N–H and O–H groups in total. The molecule has 2 heterocycles. The molecule has 0 radical (unpaired) electrons. The molecule has 4 nitrogen and oxygen atoms in total. The number of likely N-dealkylation sites (tertiary alicyclic amines) is 1. The van der Waals surface area contributed by atoms with Crippen LogP contribution in [0.5, 0.6) is 0 Å². The Morgan fingerprint density at radius 3 is 2.73 bits per heavy atom. The number of piperidine rings is 1. The monoisotopic (exact) mass is 321 g/mol. The first-order chi connectivity index (χ1) is 10.6. The van der Waals surface area contributed by atoms with Gasteiger partial charge in [-0.1, -0.05) is 20.3 Å². The Labute approximate surface area is 137 Å². The average Bonchev–Trinajstić information content (AvgIpc) is 2.99. The minimum Gasteiger partial charge on any atom is -0.342 e. The van der Waals surface area contributed by atoms with Gasteiger partial charge in [-0.2, -0.15) is 5.10 Å². The van der Waals surface area contributed by atoms with Gasteiger partial charge in [0.1, 0.15) is 0 Å². The van der Waals surface area contributed by atoms with Gasteiger partial charge in [0, 0.05) is 29.6 Å². The topological polar surface area (TPSA) is 38.1 Å². The van der Waals surface area contributed by atoms with E-state index in [-0.39, 0.29) is 5.41 Å². The van der Waals surface area contributed by atoms with Crippen LogP contribution in [0.25, 0.3) is 0 Å². The molecule has 0 aromatic carbocycles. The Bertz CT molecular complexity index is 516. The summed E-state index contributed by atoms with van der Waals surface area (Å²) in [4.78, 5) is 15.9. The highest BCUT2D eigenvalue weighted by Gasteiger charge is 2.42. The molecule has 1 aromatic rings. The van der Waals surface area contributed by atoms with E-state index in [0.29, 0.717) is 11.9 Å². The molecule has 22 heavy (non-hydrogen) atoms. The first-order valence-corrected chi connectivity index (χ1v) is 9.57. The van der Waals surface area contributed by atoms with E-state index in [4.69, 9.17) is 0 Å². The van der Waals surface area contributed by atoms with Crippen LogP contribution in [0.2, 0.25) is 0 Å². The molecular weight excluding hydrogens is 294 g/mol.